The predicted octanol–water partition coefficient (Wildman–Crippen LogP) is 7.98. The summed E-state index contributed by atoms with van der Waals surface area (Å²) >= 11 is 1.58. The molecule has 0 saturated carbocycles. The maximum atomic E-state index is 14.1. The lowest BCUT2D eigenvalue weighted by Crippen LogP contribution is -2.57. The average molecular weight is 961 g/mol. The van der Waals surface area contributed by atoms with E-state index < -0.39 is 23.6 Å². The lowest BCUT2D eigenvalue weighted by atomic mass is 9.85. The molecule has 1 saturated heterocycles. The first-order valence-electron chi connectivity index (χ1n) is 23.9. The largest absolute Gasteiger partial charge is 0.507 e. The number of likely N-dealkylation sites (tertiary alicyclic amines) is 1. The Labute approximate surface area is 409 Å². The van der Waals surface area contributed by atoms with Crippen LogP contribution in [-0.2, 0) is 19.2 Å². The second kappa shape index (κ2) is 24.2. The number of likely N-dealkylation sites (N-methyl/N-ethyl adjacent to an activating group) is 1. The first-order valence-corrected chi connectivity index (χ1v) is 24.8. The lowest BCUT2D eigenvalue weighted by molar-refractivity contribution is -0.144. The van der Waals surface area contributed by atoms with Gasteiger partial charge in [0.2, 0.25) is 23.6 Å². The number of benzene rings is 3. The Morgan fingerprint density at radius 2 is 1.57 bits per heavy atom. The number of thiazole rings is 1. The number of nitrogen functional groups attached to an aromatic ring is 1. The fourth-order valence-corrected chi connectivity index (χ4v) is 9.44. The topological polar surface area (TPSA) is 213 Å². The maximum Gasteiger partial charge on any atom is 0.246 e. The zero-order valence-electron chi connectivity index (χ0n) is 40.7. The molecule has 5 atom stereocenters. The van der Waals surface area contributed by atoms with Gasteiger partial charge in [-0.25, -0.2) is 4.98 Å². The van der Waals surface area contributed by atoms with Crippen molar-refractivity contribution in [2.24, 2.45) is 5.41 Å². The molecule has 1 aliphatic heterocycles. The highest BCUT2D eigenvalue weighted by Crippen LogP contribution is 2.33. The van der Waals surface area contributed by atoms with Crippen molar-refractivity contribution in [1.29, 1.82) is 0 Å². The number of aliphatic hydroxyl groups excluding tert-OH is 1. The number of para-hydroxylation sites is 1. The molecule has 1 fully saturated rings. The summed E-state index contributed by atoms with van der Waals surface area (Å²) < 4.78 is 6.20. The zero-order chi connectivity index (χ0) is 49.7. The van der Waals surface area contributed by atoms with E-state index in [4.69, 9.17) is 10.5 Å². The van der Waals surface area contributed by atoms with E-state index in [9.17, 15) is 29.4 Å². The predicted molar refractivity (Wildman–Crippen MR) is 269 cm³/mol. The van der Waals surface area contributed by atoms with Gasteiger partial charge in [-0.3, -0.25) is 19.2 Å². The summed E-state index contributed by atoms with van der Waals surface area (Å²) in [4.78, 5) is 63.0. The van der Waals surface area contributed by atoms with E-state index in [-0.39, 0.29) is 73.1 Å². The molecule has 0 bridgehead atoms. The Morgan fingerprint density at radius 3 is 2.23 bits per heavy atom. The number of nitrogens with zero attached hydrogens (tertiary/aromatic N) is 5. The number of aromatic hydroxyl groups is 1. The number of aliphatic hydroxyl groups is 1. The number of ether oxygens (including phenoxy) is 1. The van der Waals surface area contributed by atoms with E-state index in [1.807, 2.05) is 94.7 Å². The molecule has 2 aromatic heterocycles. The third-order valence-electron chi connectivity index (χ3n) is 12.7. The van der Waals surface area contributed by atoms with Gasteiger partial charge in [0.15, 0.2) is 11.6 Å². The van der Waals surface area contributed by atoms with Gasteiger partial charge in [0.05, 0.1) is 34.8 Å². The number of aryl methyl sites for hydroxylation is 1. The Morgan fingerprint density at radius 1 is 0.899 bits per heavy atom. The molecule has 3 aromatic carbocycles. The van der Waals surface area contributed by atoms with Gasteiger partial charge in [0.1, 0.15) is 23.5 Å². The van der Waals surface area contributed by atoms with Crippen molar-refractivity contribution in [1.82, 2.24) is 35.6 Å². The van der Waals surface area contributed by atoms with Crippen LogP contribution in [0.5, 0.6) is 11.5 Å². The first-order chi connectivity index (χ1) is 33.0. The summed E-state index contributed by atoms with van der Waals surface area (Å²) in [7, 11) is 1.80. The van der Waals surface area contributed by atoms with Gasteiger partial charge < -0.3 is 41.1 Å². The standard InChI is InChI=1S/C53H68N8O7S/c1-34(36-24-26-38(27-25-36)48-35(2)55-33-69-48)56-51(66)43-28-40(62)31-61(43)52(67)49(53(3,4)5)57-46(64)22-14-9-7-8-10-15-23-47(65)60(6)30-39(37-18-12-11-13-19-37)32-68-45-29-42(58-59-50(45)54)41-20-16-17-21-44(41)63/h11-13,16-21,24-27,29,33-34,39-40,43,49,62-63H,7-10,14-15,22-23,28,30-32H2,1-6H3,(H2,54,59)(H,56,66)(H,57,64). The minimum atomic E-state index is -0.890. The number of nitrogens with one attached hydrogen (secondary N) is 2. The van der Waals surface area contributed by atoms with Crippen LogP contribution in [0.3, 0.4) is 0 Å². The fourth-order valence-electron chi connectivity index (χ4n) is 8.63. The van der Waals surface area contributed by atoms with E-state index in [2.05, 4.69) is 25.8 Å². The highest BCUT2D eigenvalue weighted by Gasteiger charge is 2.44. The molecular formula is C53H68N8O7S. The molecule has 15 nitrogen and oxygen atoms in total. The molecule has 6 rings (SSSR count). The summed E-state index contributed by atoms with van der Waals surface area (Å²) in [5.41, 5.74) is 12.2. The normalized spacial score (nSPS) is 16.1. The van der Waals surface area contributed by atoms with Crippen molar-refractivity contribution < 1.29 is 34.1 Å². The number of carbonyl (C=O) groups is 4. The highest BCUT2D eigenvalue weighted by molar-refractivity contribution is 7.13. The molecule has 368 valence electrons. The van der Waals surface area contributed by atoms with Crippen LogP contribution in [0.2, 0.25) is 0 Å². The molecule has 6 N–H and O–H groups in total. The number of hydrogen-bond acceptors (Lipinski definition) is 12. The van der Waals surface area contributed by atoms with Gasteiger partial charge in [-0.15, -0.1) is 21.5 Å². The summed E-state index contributed by atoms with van der Waals surface area (Å²) in [6.07, 6.45) is 4.83. The van der Waals surface area contributed by atoms with Crippen LogP contribution in [-0.4, -0.2) is 104 Å². The minimum Gasteiger partial charge on any atom is -0.507 e. The SMILES string of the molecule is Cc1ncsc1-c1ccc(C(C)NC(=O)C2CC(O)CN2C(=O)C(NC(=O)CCCCCCCCC(=O)N(C)CC(COc2cc(-c3ccccc3O)nnc2N)c2ccccc2)C(C)(C)C)cc1. The van der Waals surface area contributed by atoms with Crippen LogP contribution in [0, 0.1) is 12.3 Å². The quantitative estimate of drug-likeness (QED) is 0.0420. The summed E-state index contributed by atoms with van der Waals surface area (Å²) in [5, 5.41) is 35.2. The number of nitrogens with two attached hydrogens (primary N) is 1. The Kier molecular flexibility index (Phi) is 18.3. The third-order valence-corrected chi connectivity index (χ3v) is 13.7. The first kappa shape index (κ1) is 52.0. The number of phenolic OH excluding ortho intramolecular Hbond substituents is 1. The molecule has 0 spiro atoms. The number of carbonyl (C=O) groups excluding carboxylic acids is 4. The lowest BCUT2D eigenvalue weighted by Gasteiger charge is -2.35. The molecule has 1 aliphatic rings. The van der Waals surface area contributed by atoms with E-state index in [1.54, 1.807) is 53.6 Å². The van der Waals surface area contributed by atoms with E-state index >= 15 is 0 Å². The monoisotopic (exact) mass is 960 g/mol. The number of unbranched alkanes of at least 4 members (excludes halogenated alkanes) is 5. The second-order valence-corrected chi connectivity index (χ2v) is 20.0. The van der Waals surface area contributed by atoms with Crippen molar-refractivity contribution in [2.45, 2.75) is 123 Å². The number of rotatable bonds is 22. The minimum absolute atomic E-state index is 0.00705. The molecule has 3 heterocycles. The molecule has 0 aliphatic carbocycles. The number of aromatic nitrogens is 3. The van der Waals surface area contributed by atoms with Gasteiger partial charge in [-0.1, -0.05) is 113 Å². The highest BCUT2D eigenvalue weighted by atomic mass is 32.1. The number of hydrogen-bond donors (Lipinski definition) is 5. The second-order valence-electron chi connectivity index (χ2n) is 19.2. The van der Waals surface area contributed by atoms with E-state index in [0.717, 1.165) is 59.4 Å². The van der Waals surface area contributed by atoms with Crippen molar-refractivity contribution in [3.63, 3.8) is 0 Å². The summed E-state index contributed by atoms with van der Waals surface area (Å²) in [6.45, 7) is 10.2. The molecule has 16 heteroatoms. The fraction of sp³-hybridized carbons (Fsp3) is 0.453. The molecule has 69 heavy (non-hydrogen) atoms. The number of β-amino-alcohol motifs (C(OH)–C–C–N with tert-alkyl or cyclic N) is 1. The van der Waals surface area contributed by atoms with Crippen molar-refractivity contribution in [3.05, 3.63) is 107 Å². The van der Waals surface area contributed by atoms with Crippen LogP contribution < -0.4 is 21.1 Å². The van der Waals surface area contributed by atoms with Crippen molar-refractivity contribution in [3.8, 4) is 33.2 Å². The number of phenols is 1. The molecular weight excluding hydrogens is 893 g/mol. The van der Waals surface area contributed by atoms with Crippen LogP contribution in [0.4, 0.5) is 5.82 Å². The molecule has 4 amide bonds. The van der Waals surface area contributed by atoms with Gasteiger partial charge in [-0.05, 0) is 60.9 Å². The van der Waals surface area contributed by atoms with Crippen molar-refractivity contribution >= 4 is 40.8 Å². The van der Waals surface area contributed by atoms with Crippen LogP contribution in [0.15, 0.2) is 90.4 Å². The number of anilines is 1. The van der Waals surface area contributed by atoms with E-state index in [1.165, 1.54) is 4.90 Å². The summed E-state index contributed by atoms with van der Waals surface area (Å²) in [5.74, 6) is -0.562. The Hall–Kier alpha value is -6.39. The third kappa shape index (κ3) is 14.3. The van der Waals surface area contributed by atoms with Crippen LogP contribution in [0.1, 0.15) is 114 Å². The van der Waals surface area contributed by atoms with E-state index in [0.29, 0.717) is 36.4 Å². The zero-order valence-corrected chi connectivity index (χ0v) is 41.5. The Balaban J connectivity index is 0.910. The van der Waals surface area contributed by atoms with Crippen LogP contribution >= 0.6 is 11.3 Å². The smallest absolute Gasteiger partial charge is 0.246 e. The Bertz CT molecular complexity index is 2500. The molecule has 0 radical (unpaired) electrons. The maximum absolute atomic E-state index is 14.1. The molecule has 5 aromatic rings. The van der Waals surface area contributed by atoms with Gasteiger partial charge in [0.25, 0.3) is 0 Å². The number of amides is 4. The van der Waals surface area contributed by atoms with Crippen molar-refractivity contribution in [2.75, 3.05) is 32.5 Å². The summed E-state index contributed by atoms with van der Waals surface area (Å²) in [6, 6.07) is 24.2. The van der Waals surface area contributed by atoms with Gasteiger partial charge in [-0.2, -0.15) is 0 Å². The average Bonchev–Trinajstić information content (AvgIpc) is 3.95. The van der Waals surface area contributed by atoms with Crippen LogP contribution in [0.25, 0.3) is 21.7 Å². The molecule has 5 unspecified atom stereocenters. The van der Waals surface area contributed by atoms with Gasteiger partial charge >= 0.3 is 0 Å². The van der Waals surface area contributed by atoms with Gasteiger partial charge in [0, 0.05) is 56.9 Å².